The molecule has 35 heavy (non-hydrogen) atoms. The van der Waals surface area contributed by atoms with Crippen molar-refractivity contribution in [2.45, 2.75) is 37.9 Å². The zero-order chi connectivity index (χ0) is 25.1. The van der Waals surface area contributed by atoms with E-state index in [0.717, 1.165) is 5.56 Å². The van der Waals surface area contributed by atoms with Gasteiger partial charge in [-0.3, -0.25) is 9.59 Å². The van der Waals surface area contributed by atoms with Gasteiger partial charge in [-0.2, -0.15) is 0 Å². The van der Waals surface area contributed by atoms with Crippen molar-refractivity contribution >= 4 is 29.5 Å². The van der Waals surface area contributed by atoms with Gasteiger partial charge in [-0.1, -0.05) is 60.1 Å². The van der Waals surface area contributed by atoms with Gasteiger partial charge >= 0.3 is 12.0 Å². The van der Waals surface area contributed by atoms with Crippen LogP contribution in [0.1, 0.15) is 17.5 Å². The van der Waals surface area contributed by atoms with E-state index in [4.69, 9.17) is 11.6 Å². The van der Waals surface area contributed by atoms with Crippen LogP contribution in [-0.2, 0) is 22.7 Å². The molecular formula is C24H28ClN5O5. The highest BCUT2D eigenvalue weighted by atomic mass is 35.5. The molecule has 3 atom stereocenters. The number of piperazine rings is 1. The second kappa shape index (κ2) is 10.6. The summed E-state index contributed by atoms with van der Waals surface area (Å²) in [6, 6.07) is 15.0. The number of aliphatic carboxylic acids is 1. The van der Waals surface area contributed by atoms with Crippen LogP contribution in [0.25, 0.3) is 0 Å². The van der Waals surface area contributed by atoms with Crippen LogP contribution in [0.4, 0.5) is 4.79 Å². The summed E-state index contributed by atoms with van der Waals surface area (Å²) in [5, 5.41) is 26.8. The summed E-state index contributed by atoms with van der Waals surface area (Å²) in [4.78, 5) is 41.3. The molecule has 0 radical (unpaired) electrons. The minimum absolute atomic E-state index is 0.0309. The molecule has 3 N–H and O–H groups in total. The molecular weight excluding hydrogens is 474 g/mol. The number of benzene rings is 2. The molecule has 0 spiro atoms. The molecule has 0 saturated carbocycles. The Morgan fingerprint density at radius 1 is 1.09 bits per heavy atom. The summed E-state index contributed by atoms with van der Waals surface area (Å²) < 4.78 is 0. The number of carboxylic acid groups (broad SMARTS) is 1. The first-order valence-electron chi connectivity index (χ1n) is 11.3. The van der Waals surface area contributed by atoms with Gasteiger partial charge in [-0.15, -0.1) is 0 Å². The van der Waals surface area contributed by atoms with Crippen LogP contribution in [0.15, 0.2) is 54.6 Å². The first-order valence-corrected chi connectivity index (χ1v) is 11.7. The third-order valence-corrected chi connectivity index (χ3v) is 6.66. The molecule has 4 rings (SSSR count). The molecule has 2 aliphatic rings. The number of nitrogens with one attached hydrogen (secondary N) is 1. The molecule has 2 saturated heterocycles. The van der Waals surface area contributed by atoms with Gasteiger partial charge in [0.15, 0.2) is 0 Å². The third kappa shape index (κ3) is 5.40. The Hall–Kier alpha value is -3.18. The number of likely N-dealkylation sites (N-methyl/N-ethyl adjacent to an activating group) is 1. The van der Waals surface area contributed by atoms with E-state index in [0.29, 0.717) is 17.1 Å². The zero-order valence-corrected chi connectivity index (χ0v) is 20.0. The number of aliphatic hydroxyl groups excluding tert-OH is 1. The number of fused-ring (bicyclic) bond motifs is 1. The van der Waals surface area contributed by atoms with Crippen LogP contribution >= 0.6 is 11.6 Å². The number of carboxylic acids is 1. The van der Waals surface area contributed by atoms with Gasteiger partial charge in [0.25, 0.3) is 0 Å². The number of carbonyl (C=O) groups excluding carboxylic acids is 2. The number of β-amino-alcohol motifs (C(OH)–C–C–N with tert-alkyl or cyclic N) is 1. The lowest BCUT2D eigenvalue weighted by Crippen LogP contribution is -2.77. The molecule has 2 fully saturated rings. The van der Waals surface area contributed by atoms with Gasteiger partial charge < -0.3 is 20.4 Å². The molecule has 2 aromatic rings. The molecule has 10 nitrogen and oxygen atoms in total. The topological polar surface area (TPSA) is 117 Å². The van der Waals surface area contributed by atoms with Crippen molar-refractivity contribution in [1.29, 1.82) is 0 Å². The number of amides is 3. The number of hydrogen-bond donors (Lipinski definition) is 3. The quantitative estimate of drug-likeness (QED) is 0.549. The second-order valence-electron chi connectivity index (χ2n) is 8.66. The highest BCUT2D eigenvalue weighted by Crippen LogP contribution is 2.30. The fraction of sp³-hybridized carbons (Fsp3) is 0.375. The number of hydrogen-bond acceptors (Lipinski definition) is 6. The lowest BCUT2D eigenvalue weighted by atomic mass is 10.0. The molecule has 1 unspecified atom stereocenters. The first-order chi connectivity index (χ1) is 16.8. The van der Waals surface area contributed by atoms with Crippen LogP contribution < -0.4 is 5.32 Å². The van der Waals surface area contributed by atoms with Crippen molar-refractivity contribution in [3.8, 4) is 0 Å². The molecule has 0 aromatic heterocycles. The van der Waals surface area contributed by atoms with E-state index in [1.165, 1.54) is 14.8 Å². The predicted molar refractivity (Wildman–Crippen MR) is 128 cm³/mol. The predicted octanol–water partition coefficient (Wildman–Crippen LogP) is 1.54. The van der Waals surface area contributed by atoms with Crippen LogP contribution in [0.2, 0.25) is 5.02 Å². The molecule has 0 aliphatic carbocycles. The maximum absolute atomic E-state index is 13.4. The fourth-order valence-corrected chi connectivity index (χ4v) is 4.86. The number of halogens is 1. The lowest BCUT2D eigenvalue weighted by molar-refractivity contribution is -0.224. The van der Waals surface area contributed by atoms with Gasteiger partial charge in [-0.05, 0) is 17.2 Å². The fourth-order valence-electron chi connectivity index (χ4n) is 4.66. The molecule has 186 valence electrons. The van der Waals surface area contributed by atoms with Crippen molar-refractivity contribution in [1.82, 2.24) is 25.1 Å². The Bertz CT molecular complexity index is 1090. The smallest absolute Gasteiger partial charge is 0.333 e. The number of rotatable bonds is 6. The lowest BCUT2D eigenvalue weighted by Gasteiger charge is -2.56. The first kappa shape index (κ1) is 24.9. The van der Waals surface area contributed by atoms with Gasteiger partial charge in [0.2, 0.25) is 5.91 Å². The van der Waals surface area contributed by atoms with Crippen LogP contribution in [0, 0.1) is 0 Å². The van der Waals surface area contributed by atoms with Crippen molar-refractivity contribution in [2.24, 2.45) is 0 Å². The Balaban J connectivity index is 1.62. The van der Waals surface area contributed by atoms with Crippen molar-refractivity contribution < 1.29 is 24.6 Å². The van der Waals surface area contributed by atoms with E-state index in [-0.39, 0.29) is 19.6 Å². The average Bonchev–Trinajstić information content (AvgIpc) is 2.82. The Kier molecular flexibility index (Phi) is 7.56. The van der Waals surface area contributed by atoms with Gasteiger partial charge in [0, 0.05) is 25.2 Å². The number of carbonyl (C=O) groups is 3. The summed E-state index contributed by atoms with van der Waals surface area (Å²) in [7, 11) is 1.67. The minimum Gasteiger partial charge on any atom is -0.481 e. The highest BCUT2D eigenvalue weighted by molar-refractivity contribution is 6.31. The van der Waals surface area contributed by atoms with E-state index in [2.05, 4.69) is 5.32 Å². The summed E-state index contributed by atoms with van der Waals surface area (Å²) in [5.74, 6) is -1.61. The molecule has 2 aromatic carbocycles. The second-order valence-corrected chi connectivity index (χ2v) is 9.07. The largest absolute Gasteiger partial charge is 0.481 e. The number of urea groups is 1. The molecule has 2 aliphatic heterocycles. The van der Waals surface area contributed by atoms with E-state index in [9.17, 15) is 24.6 Å². The van der Waals surface area contributed by atoms with Crippen LogP contribution in [-0.4, -0.2) is 86.5 Å². The number of aliphatic hydroxyl groups is 1. The minimum atomic E-state index is -1.17. The van der Waals surface area contributed by atoms with E-state index in [1.54, 1.807) is 36.3 Å². The molecule has 2 heterocycles. The number of nitrogens with zero attached hydrogens (tertiary/aromatic N) is 4. The van der Waals surface area contributed by atoms with Crippen molar-refractivity contribution in [3.63, 3.8) is 0 Å². The van der Waals surface area contributed by atoms with Crippen molar-refractivity contribution in [2.75, 3.05) is 20.1 Å². The maximum atomic E-state index is 13.4. The zero-order valence-electron chi connectivity index (χ0n) is 19.2. The monoisotopic (exact) mass is 501 g/mol. The highest BCUT2D eigenvalue weighted by Gasteiger charge is 2.51. The summed E-state index contributed by atoms with van der Waals surface area (Å²) >= 11 is 6.31. The van der Waals surface area contributed by atoms with E-state index < -0.39 is 42.8 Å². The van der Waals surface area contributed by atoms with Gasteiger partial charge in [0.05, 0.1) is 19.5 Å². The summed E-state index contributed by atoms with van der Waals surface area (Å²) in [6.45, 7) is 0.544. The SMILES string of the molecule is CN1CC(O)N2[C@@H](CC(=O)O)C(=O)N(Cc3ccccc3Cl)C[C@@H]2N1C(=O)NCc1ccccc1. The molecule has 11 heteroatoms. The van der Waals surface area contributed by atoms with Crippen LogP contribution in [0.3, 0.4) is 0 Å². The maximum Gasteiger partial charge on any atom is 0.333 e. The standard InChI is InChI=1S/C24H28ClN5O5/c1-27-15-21(31)29-19(11-22(32)33)23(34)28(13-17-9-5-6-10-18(17)25)14-20(29)30(27)24(35)26-12-16-7-3-2-4-8-16/h2-10,19-21,31H,11-15H2,1H3,(H,26,35)(H,32,33)/t19-,20-,21?/m0/s1. The van der Waals surface area contributed by atoms with Crippen LogP contribution in [0.5, 0.6) is 0 Å². The Labute approximate surface area is 208 Å². The molecule has 3 amide bonds. The summed E-state index contributed by atoms with van der Waals surface area (Å²) in [5.41, 5.74) is 1.62. The van der Waals surface area contributed by atoms with E-state index in [1.807, 2.05) is 30.3 Å². The normalized spacial score (nSPS) is 23.2. The third-order valence-electron chi connectivity index (χ3n) is 6.29. The van der Waals surface area contributed by atoms with Crippen molar-refractivity contribution in [3.05, 3.63) is 70.7 Å². The molecule has 0 bridgehead atoms. The Morgan fingerprint density at radius 3 is 2.46 bits per heavy atom. The van der Waals surface area contributed by atoms with Gasteiger partial charge in [0.1, 0.15) is 18.4 Å². The average molecular weight is 502 g/mol. The number of hydrazine groups is 1. The summed E-state index contributed by atoms with van der Waals surface area (Å²) in [6.07, 6.45) is -2.41. The van der Waals surface area contributed by atoms with E-state index >= 15 is 0 Å². The van der Waals surface area contributed by atoms with Gasteiger partial charge in [-0.25, -0.2) is 19.7 Å². The Morgan fingerprint density at radius 2 is 1.77 bits per heavy atom.